The minimum absolute atomic E-state index is 0. The van der Waals surface area contributed by atoms with Crippen molar-refractivity contribution in [1.82, 2.24) is 0 Å². The fourth-order valence-electron chi connectivity index (χ4n) is 1.53. The lowest BCUT2D eigenvalue weighted by Crippen LogP contribution is -2.10. The summed E-state index contributed by atoms with van der Waals surface area (Å²) >= 11 is 0. The second-order valence-corrected chi connectivity index (χ2v) is 3.82. The summed E-state index contributed by atoms with van der Waals surface area (Å²) in [7, 11) is 0. The molecule has 0 fully saturated rings. The Bertz CT molecular complexity index is 575. The molecular formula is C14H14ClFN2O. The standard InChI is InChI=1S/C14H13FN2O.ClH/c15-13-7-2-1-4-11(13)9-18-12-6-3-5-10(8-12)14(16)17;/h1-8H,9H2,(H3,16,17);1H. The summed E-state index contributed by atoms with van der Waals surface area (Å²) in [5, 5.41) is 7.32. The van der Waals surface area contributed by atoms with Crippen LogP contribution in [-0.4, -0.2) is 5.84 Å². The number of halogens is 2. The maximum absolute atomic E-state index is 13.4. The first-order chi connectivity index (χ1) is 8.66. The van der Waals surface area contributed by atoms with Crippen molar-refractivity contribution in [3.8, 4) is 5.75 Å². The number of hydrogen-bond acceptors (Lipinski definition) is 2. The molecule has 2 aromatic carbocycles. The van der Waals surface area contributed by atoms with Crippen molar-refractivity contribution in [2.75, 3.05) is 0 Å². The summed E-state index contributed by atoms with van der Waals surface area (Å²) in [6, 6.07) is 13.3. The van der Waals surface area contributed by atoms with Crippen molar-refractivity contribution < 1.29 is 9.13 Å². The van der Waals surface area contributed by atoms with E-state index in [0.29, 0.717) is 16.9 Å². The number of nitrogens with two attached hydrogens (primary N) is 1. The monoisotopic (exact) mass is 280 g/mol. The molecular weight excluding hydrogens is 267 g/mol. The normalized spacial score (nSPS) is 9.53. The second-order valence-electron chi connectivity index (χ2n) is 3.82. The molecule has 0 spiro atoms. The van der Waals surface area contributed by atoms with Gasteiger partial charge in [-0.05, 0) is 18.2 Å². The van der Waals surface area contributed by atoms with Crippen LogP contribution in [0.1, 0.15) is 11.1 Å². The van der Waals surface area contributed by atoms with E-state index in [4.69, 9.17) is 15.9 Å². The third-order valence-electron chi connectivity index (χ3n) is 2.50. The summed E-state index contributed by atoms with van der Waals surface area (Å²) in [6.07, 6.45) is 0. The molecule has 0 bridgehead atoms. The minimum atomic E-state index is -0.291. The van der Waals surface area contributed by atoms with E-state index in [1.807, 2.05) is 0 Å². The van der Waals surface area contributed by atoms with Crippen molar-refractivity contribution >= 4 is 18.2 Å². The SMILES string of the molecule is Cl.N=C(N)c1cccc(OCc2ccccc2F)c1. The zero-order valence-electron chi connectivity index (χ0n) is 10.1. The molecule has 0 unspecified atom stereocenters. The van der Waals surface area contributed by atoms with Gasteiger partial charge >= 0.3 is 0 Å². The van der Waals surface area contributed by atoms with Gasteiger partial charge in [0.15, 0.2) is 0 Å². The van der Waals surface area contributed by atoms with Crippen LogP contribution in [-0.2, 0) is 6.61 Å². The molecule has 3 N–H and O–H groups in total. The number of amidine groups is 1. The molecule has 100 valence electrons. The van der Waals surface area contributed by atoms with E-state index in [1.54, 1.807) is 42.5 Å². The smallest absolute Gasteiger partial charge is 0.129 e. The first-order valence-electron chi connectivity index (χ1n) is 5.47. The Morgan fingerprint density at radius 3 is 2.58 bits per heavy atom. The molecule has 0 aliphatic rings. The molecule has 2 aromatic rings. The van der Waals surface area contributed by atoms with Crippen LogP contribution in [0.5, 0.6) is 5.75 Å². The average Bonchev–Trinajstić information content (AvgIpc) is 2.38. The first-order valence-corrected chi connectivity index (χ1v) is 5.47. The molecule has 0 aliphatic heterocycles. The van der Waals surface area contributed by atoms with Crippen molar-refractivity contribution in [3.05, 3.63) is 65.5 Å². The van der Waals surface area contributed by atoms with Gasteiger partial charge in [0.05, 0.1) is 0 Å². The highest BCUT2D eigenvalue weighted by Gasteiger charge is 2.03. The highest BCUT2D eigenvalue weighted by molar-refractivity contribution is 5.95. The van der Waals surface area contributed by atoms with Crippen LogP contribution >= 0.6 is 12.4 Å². The summed E-state index contributed by atoms with van der Waals surface area (Å²) in [6.45, 7) is 0.147. The van der Waals surface area contributed by atoms with Crippen LogP contribution < -0.4 is 10.5 Å². The highest BCUT2D eigenvalue weighted by atomic mass is 35.5. The van der Waals surface area contributed by atoms with Gasteiger partial charge in [0.25, 0.3) is 0 Å². The van der Waals surface area contributed by atoms with Crippen molar-refractivity contribution in [2.24, 2.45) is 5.73 Å². The van der Waals surface area contributed by atoms with Crippen LogP contribution in [0.3, 0.4) is 0 Å². The molecule has 0 aromatic heterocycles. The molecule has 0 saturated heterocycles. The number of nitrogen functional groups attached to an aromatic ring is 1. The molecule has 0 atom stereocenters. The van der Waals surface area contributed by atoms with Gasteiger partial charge in [0.2, 0.25) is 0 Å². The van der Waals surface area contributed by atoms with Gasteiger partial charge < -0.3 is 10.5 Å². The van der Waals surface area contributed by atoms with E-state index in [9.17, 15) is 4.39 Å². The zero-order chi connectivity index (χ0) is 13.0. The van der Waals surface area contributed by atoms with Crippen molar-refractivity contribution in [1.29, 1.82) is 5.41 Å². The molecule has 0 saturated carbocycles. The predicted octanol–water partition coefficient (Wildman–Crippen LogP) is 3.11. The molecule has 2 rings (SSSR count). The van der Waals surface area contributed by atoms with Crippen LogP contribution in [0, 0.1) is 11.2 Å². The average molecular weight is 281 g/mol. The quantitative estimate of drug-likeness (QED) is 0.668. The molecule has 5 heteroatoms. The van der Waals surface area contributed by atoms with Gasteiger partial charge in [-0.1, -0.05) is 30.3 Å². The van der Waals surface area contributed by atoms with Crippen LogP contribution in [0.2, 0.25) is 0 Å². The fraction of sp³-hybridized carbons (Fsp3) is 0.0714. The third kappa shape index (κ3) is 3.96. The third-order valence-corrected chi connectivity index (χ3v) is 2.50. The van der Waals surface area contributed by atoms with Gasteiger partial charge in [0.1, 0.15) is 24.0 Å². The summed E-state index contributed by atoms with van der Waals surface area (Å²) in [4.78, 5) is 0. The maximum Gasteiger partial charge on any atom is 0.129 e. The molecule has 3 nitrogen and oxygen atoms in total. The Balaban J connectivity index is 0.00000180. The molecule has 19 heavy (non-hydrogen) atoms. The van der Waals surface area contributed by atoms with Gasteiger partial charge in [-0.2, -0.15) is 0 Å². The van der Waals surface area contributed by atoms with Crippen LogP contribution in [0.15, 0.2) is 48.5 Å². The first kappa shape index (κ1) is 15.0. The van der Waals surface area contributed by atoms with Gasteiger partial charge in [-0.3, -0.25) is 5.41 Å². The minimum Gasteiger partial charge on any atom is -0.489 e. The molecule has 0 heterocycles. The van der Waals surface area contributed by atoms with E-state index in [-0.39, 0.29) is 30.7 Å². The predicted molar refractivity (Wildman–Crippen MR) is 75.4 cm³/mol. The zero-order valence-corrected chi connectivity index (χ0v) is 10.9. The van der Waals surface area contributed by atoms with Crippen LogP contribution in [0.25, 0.3) is 0 Å². The molecule has 0 amide bonds. The topological polar surface area (TPSA) is 59.1 Å². The van der Waals surface area contributed by atoms with Gasteiger partial charge in [-0.15, -0.1) is 12.4 Å². The number of nitrogens with one attached hydrogen (secondary N) is 1. The van der Waals surface area contributed by atoms with E-state index in [2.05, 4.69) is 0 Å². The Morgan fingerprint density at radius 1 is 1.16 bits per heavy atom. The molecule has 0 radical (unpaired) electrons. The Kier molecular flexibility index (Phi) is 5.33. The number of benzene rings is 2. The van der Waals surface area contributed by atoms with E-state index < -0.39 is 0 Å². The Labute approximate surface area is 117 Å². The number of hydrogen-bond donors (Lipinski definition) is 2. The van der Waals surface area contributed by atoms with Gasteiger partial charge in [0, 0.05) is 11.1 Å². The van der Waals surface area contributed by atoms with E-state index in [0.717, 1.165) is 0 Å². The summed E-state index contributed by atoms with van der Waals surface area (Å²) < 4.78 is 18.8. The maximum atomic E-state index is 13.4. The fourth-order valence-corrected chi connectivity index (χ4v) is 1.53. The van der Waals surface area contributed by atoms with E-state index >= 15 is 0 Å². The Morgan fingerprint density at radius 2 is 1.89 bits per heavy atom. The number of ether oxygens (including phenoxy) is 1. The van der Waals surface area contributed by atoms with Crippen molar-refractivity contribution in [3.63, 3.8) is 0 Å². The van der Waals surface area contributed by atoms with Gasteiger partial charge in [-0.25, -0.2) is 4.39 Å². The lowest BCUT2D eigenvalue weighted by molar-refractivity contribution is 0.300. The largest absolute Gasteiger partial charge is 0.489 e. The molecule has 0 aliphatic carbocycles. The highest BCUT2D eigenvalue weighted by Crippen LogP contribution is 2.16. The lowest BCUT2D eigenvalue weighted by atomic mass is 10.2. The van der Waals surface area contributed by atoms with Crippen LogP contribution in [0.4, 0.5) is 4.39 Å². The Hall–Kier alpha value is -2.07. The lowest BCUT2D eigenvalue weighted by Gasteiger charge is -2.08. The second kappa shape index (κ2) is 6.75. The summed E-state index contributed by atoms with van der Waals surface area (Å²) in [5.74, 6) is 0.248. The van der Waals surface area contributed by atoms with Crippen molar-refractivity contribution in [2.45, 2.75) is 6.61 Å². The number of rotatable bonds is 4. The van der Waals surface area contributed by atoms with E-state index in [1.165, 1.54) is 6.07 Å². The summed E-state index contributed by atoms with van der Waals surface area (Å²) in [5.41, 5.74) is 6.46.